The monoisotopic (exact) mass is 481 g/mol. The second-order valence-electron chi connectivity index (χ2n) is 9.34. The molecule has 5 rings (SSSR count). The normalized spacial score (nSPS) is 17.2. The van der Waals surface area contributed by atoms with E-state index in [0.717, 1.165) is 41.6 Å². The minimum atomic E-state index is -4.58. The summed E-state index contributed by atoms with van der Waals surface area (Å²) in [7, 11) is 0. The zero-order valence-corrected chi connectivity index (χ0v) is 19.4. The van der Waals surface area contributed by atoms with Gasteiger partial charge in [0.05, 0.1) is 22.5 Å². The fourth-order valence-corrected chi connectivity index (χ4v) is 4.89. The van der Waals surface area contributed by atoms with Crippen molar-refractivity contribution in [2.45, 2.75) is 38.9 Å². The minimum absolute atomic E-state index is 0.155. The van der Waals surface area contributed by atoms with Gasteiger partial charge in [-0.25, -0.2) is 4.79 Å². The first-order valence-corrected chi connectivity index (χ1v) is 11.7. The highest BCUT2D eigenvalue weighted by Crippen LogP contribution is 2.34. The SMILES string of the molecule is C[C@H]1CCCN(Cc2cc(C(F)(F)F)c3cn(-c4cccc(Cc5cccnn5)c4)c(=O)n3c2)C1. The number of alkyl halides is 3. The maximum absolute atomic E-state index is 14.0. The van der Waals surface area contributed by atoms with Gasteiger partial charge in [0.1, 0.15) is 0 Å². The quantitative estimate of drug-likeness (QED) is 0.414. The molecule has 0 amide bonds. The minimum Gasteiger partial charge on any atom is -0.299 e. The summed E-state index contributed by atoms with van der Waals surface area (Å²) in [6, 6.07) is 12.0. The van der Waals surface area contributed by atoms with Crippen LogP contribution in [0.2, 0.25) is 0 Å². The van der Waals surface area contributed by atoms with Crippen molar-refractivity contribution in [1.29, 1.82) is 0 Å². The molecule has 182 valence electrons. The van der Waals surface area contributed by atoms with Crippen molar-refractivity contribution in [1.82, 2.24) is 24.1 Å². The molecule has 1 aliphatic heterocycles. The molecule has 6 nitrogen and oxygen atoms in total. The van der Waals surface area contributed by atoms with Crippen LogP contribution in [-0.4, -0.2) is 37.2 Å². The van der Waals surface area contributed by atoms with Gasteiger partial charge in [-0.15, -0.1) is 0 Å². The maximum atomic E-state index is 14.0. The molecule has 0 aliphatic carbocycles. The van der Waals surface area contributed by atoms with Crippen molar-refractivity contribution in [2.24, 2.45) is 5.92 Å². The molecule has 9 heteroatoms. The van der Waals surface area contributed by atoms with Crippen LogP contribution in [0.1, 0.15) is 42.1 Å². The number of benzene rings is 1. The molecule has 4 aromatic rings. The van der Waals surface area contributed by atoms with Gasteiger partial charge >= 0.3 is 11.9 Å². The van der Waals surface area contributed by atoms with Crippen LogP contribution >= 0.6 is 0 Å². The van der Waals surface area contributed by atoms with Crippen LogP contribution in [0.5, 0.6) is 0 Å². The molecule has 1 saturated heterocycles. The predicted molar refractivity (Wildman–Crippen MR) is 127 cm³/mol. The van der Waals surface area contributed by atoms with Gasteiger partial charge in [-0.1, -0.05) is 19.1 Å². The summed E-state index contributed by atoms with van der Waals surface area (Å²) in [4.78, 5) is 15.5. The van der Waals surface area contributed by atoms with Crippen LogP contribution in [0, 0.1) is 5.92 Å². The van der Waals surface area contributed by atoms with E-state index in [-0.39, 0.29) is 5.52 Å². The van der Waals surface area contributed by atoms with E-state index >= 15 is 0 Å². The number of halogens is 3. The number of nitrogens with zero attached hydrogens (tertiary/aromatic N) is 5. The molecule has 1 aliphatic rings. The topological polar surface area (TPSA) is 55.4 Å². The number of fused-ring (bicyclic) bond motifs is 1. The highest BCUT2D eigenvalue weighted by atomic mass is 19.4. The Labute approximate surface area is 200 Å². The number of aromatic nitrogens is 4. The van der Waals surface area contributed by atoms with Crippen LogP contribution in [0.25, 0.3) is 11.2 Å². The Balaban J connectivity index is 1.55. The molecule has 1 atom stereocenters. The van der Waals surface area contributed by atoms with E-state index in [2.05, 4.69) is 22.0 Å². The number of rotatable bonds is 5. The van der Waals surface area contributed by atoms with Gasteiger partial charge in [-0.2, -0.15) is 23.4 Å². The summed E-state index contributed by atoms with van der Waals surface area (Å²) < 4.78 is 44.5. The van der Waals surface area contributed by atoms with Crippen LogP contribution in [0.3, 0.4) is 0 Å². The summed E-state index contributed by atoms with van der Waals surface area (Å²) in [5.41, 5.74) is 1.13. The molecule has 0 unspecified atom stereocenters. The van der Waals surface area contributed by atoms with E-state index in [1.807, 2.05) is 12.1 Å². The number of imidazole rings is 1. The van der Waals surface area contributed by atoms with E-state index in [0.29, 0.717) is 30.1 Å². The maximum Gasteiger partial charge on any atom is 0.418 e. The lowest BCUT2D eigenvalue weighted by molar-refractivity contribution is -0.136. The van der Waals surface area contributed by atoms with Crippen molar-refractivity contribution < 1.29 is 13.2 Å². The third-order valence-corrected chi connectivity index (χ3v) is 6.48. The fourth-order valence-electron chi connectivity index (χ4n) is 4.89. The fraction of sp³-hybridized carbons (Fsp3) is 0.346. The van der Waals surface area contributed by atoms with Gasteiger partial charge in [0, 0.05) is 38.1 Å². The first-order valence-electron chi connectivity index (χ1n) is 11.7. The van der Waals surface area contributed by atoms with Crippen LogP contribution in [0.4, 0.5) is 13.2 Å². The first-order chi connectivity index (χ1) is 16.8. The van der Waals surface area contributed by atoms with E-state index in [9.17, 15) is 18.0 Å². The third kappa shape index (κ3) is 5.00. The Bertz CT molecular complexity index is 1390. The van der Waals surface area contributed by atoms with Gasteiger partial charge in [0.25, 0.3) is 0 Å². The molecule has 0 radical (unpaired) electrons. The lowest BCUT2D eigenvalue weighted by Gasteiger charge is -2.31. The Hall–Kier alpha value is -3.46. The average Bonchev–Trinajstić information content (AvgIpc) is 3.15. The second-order valence-corrected chi connectivity index (χ2v) is 9.34. The van der Waals surface area contributed by atoms with E-state index < -0.39 is 17.4 Å². The highest BCUT2D eigenvalue weighted by molar-refractivity contribution is 5.58. The lowest BCUT2D eigenvalue weighted by atomic mass is 10.00. The van der Waals surface area contributed by atoms with Crippen molar-refractivity contribution in [3.05, 3.63) is 93.9 Å². The zero-order chi connectivity index (χ0) is 24.6. The van der Waals surface area contributed by atoms with E-state index in [1.54, 1.807) is 36.7 Å². The third-order valence-electron chi connectivity index (χ3n) is 6.48. The molecular weight excluding hydrogens is 455 g/mol. The molecule has 1 fully saturated rings. The molecule has 3 aromatic heterocycles. The number of hydrogen-bond acceptors (Lipinski definition) is 4. The Morgan fingerprint density at radius 3 is 2.69 bits per heavy atom. The molecule has 0 bridgehead atoms. The van der Waals surface area contributed by atoms with Crippen LogP contribution < -0.4 is 5.69 Å². The van der Waals surface area contributed by atoms with Gasteiger partial charge in [-0.3, -0.25) is 13.9 Å². The molecule has 0 N–H and O–H groups in total. The molecule has 4 heterocycles. The van der Waals surface area contributed by atoms with Crippen molar-refractivity contribution in [3.8, 4) is 5.69 Å². The van der Waals surface area contributed by atoms with Crippen molar-refractivity contribution >= 4 is 5.52 Å². The smallest absolute Gasteiger partial charge is 0.299 e. The van der Waals surface area contributed by atoms with Crippen molar-refractivity contribution in [3.63, 3.8) is 0 Å². The van der Waals surface area contributed by atoms with Gasteiger partial charge < -0.3 is 0 Å². The van der Waals surface area contributed by atoms with E-state index in [4.69, 9.17) is 0 Å². The summed E-state index contributed by atoms with van der Waals surface area (Å²) >= 11 is 0. The Morgan fingerprint density at radius 2 is 1.94 bits per heavy atom. The zero-order valence-electron chi connectivity index (χ0n) is 19.4. The number of likely N-dealkylation sites (tertiary alicyclic amines) is 1. The first kappa shape index (κ1) is 23.3. The average molecular weight is 482 g/mol. The summed E-state index contributed by atoms with van der Waals surface area (Å²) in [6.45, 7) is 4.22. The molecular formula is C26H26F3N5O. The standard InChI is InChI=1S/C26H26F3N5O/c1-18-5-4-10-32(14-18)15-20-13-23(26(27,28)29)24-17-33(25(35)34(24)16-20)22-8-2-6-19(12-22)11-21-7-3-9-30-31-21/h2-3,6-9,12-13,16-18H,4-5,10-11,14-15H2,1H3/t18-/m0/s1. The Morgan fingerprint density at radius 1 is 1.09 bits per heavy atom. The summed E-state index contributed by atoms with van der Waals surface area (Å²) in [6.07, 6.45) is 2.48. The molecule has 0 saturated carbocycles. The lowest BCUT2D eigenvalue weighted by Crippen LogP contribution is -2.34. The highest BCUT2D eigenvalue weighted by Gasteiger charge is 2.34. The van der Waals surface area contributed by atoms with E-state index in [1.165, 1.54) is 16.8 Å². The van der Waals surface area contributed by atoms with Gasteiger partial charge in [-0.05, 0) is 66.8 Å². The number of hydrogen-bond donors (Lipinski definition) is 0. The Kier molecular flexibility index (Phi) is 6.19. The summed E-state index contributed by atoms with van der Waals surface area (Å²) in [5, 5.41) is 7.95. The van der Waals surface area contributed by atoms with Gasteiger partial charge in [0.15, 0.2) is 0 Å². The van der Waals surface area contributed by atoms with Crippen LogP contribution in [-0.2, 0) is 19.1 Å². The largest absolute Gasteiger partial charge is 0.418 e. The predicted octanol–water partition coefficient (Wildman–Crippen LogP) is 4.72. The van der Waals surface area contributed by atoms with Crippen molar-refractivity contribution in [2.75, 3.05) is 13.1 Å². The molecule has 0 spiro atoms. The second kappa shape index (κ2) is 9.30. The van der Waals surface area contributed by atoms with Gasteiger partial charge in [0.2, 0.25) is 0 Å². The summed E-state index contributed by atoms with van der Waals surface area (Å²) in [5.74, 6) is 0.507. The number of piperidine rings is 1. The molecule has 35 heavy (non-hydrogen) atoms. The number of pyridine rings is 1. The van der Waals surface area contributed by atoms with Crippen LogP contribution in [0.15, 0.2) is 65.8 Å². The molecule has 1 aromatic carbocycles.